The molecule has 0 bridgehead atoms. The summed E-state index contributed by atoms with van der Waals surface area (Å²) in [6.45, 7) is 2.22. The summed E-state index contributed by atoms with van der Waals surface area (Å²) in [5.74, 6) is -1.51. The number of aromatic nitrogens is 2. The molecule has 25 heavy (non-hydrogen) atoms. The van der Waals surface area contributed by atoms with Crippen LogP contribution in [0.4, 0.5) is 4.39 Å². The van der Waals surface area contributed by atoms with E-state index in [1.807, 2.05) is 18.4 Å². The smallest absolute Gasteiger partial charge is 0.328 e. The molecule has 0 spiro atoms. The molecule has 2 heterocycles. The topological polar surface area (TPSA) is 107 Å². The van der Waals surface area contributed by atoms with Gasteiger partial charge in [-0.15, -0.1) is 11.3 Å². The molecule has 2 aromatic rings. The number of allylic oxidation sites excluding steroid dienone is 1. The number of hydrogen-bond acceptors (Lipinski definition) is 5. The monoisotopic (exact) mass is 362 g/mol. The van der Waals surface area contributed by atoms with E-state index < -0.39 is 23.0 Å². The number of aromatic amines is 1. The van der Waals surface area contributed by atoms with E-state index in [1.54, 1.807) is 4.57 Å². The van der Waals surface area contributed by atoms with Gasteiger partial charge in [0.2, 0.25) is 0 Å². The van der Waals surface area contributed by atoms with Crippen LogP contribution in [0.2, 0.25) is 0 Å². The highest BCUT2D eigenvalue weighted by molar-refractivity contribution is 7.10. The Kier molecular flexibility index (Phi) is 3.69. The number of nitrogens with one attached hydrogen (secondary N) is 1. The van der Waals surface area contributed by atoms with Gasteiger partial charge in [0, 0.05) is 35.0 Å². The molecule has 6 nitrogen and oxygen atoms in total. The third-order valence-corrected chi connectivity index (χ3v) is 6.04. The molecule has 2 atom stereocenters. The summed E-state index contributed by atoms with van der Waals surface area (Å²) in [6.07, 6.45) is 1.75. The standard InChI is InChI=1S/C17H19FN4O2S/c1-7-11(8-4-10(5-19)25-6-8)13(18)14(20)12-15(7)22(9-2-3-9)17(24)21-16(12)23/h4,6-7,9,11H,2-3,5,19-20H2,1H3,(H,21,23,24). The highest BCUT2D eigenvalue weighted by Gasteiger charge is 2.40. The Morgan fingerprint density at radius 1 is 1.40 bits per heavy atom. The van der Waals surface area contributed by atoms with E-state index in [2.05, 4.69) is 4.98 Å². The maximum atomic E-state index is 15.1. The van der Waals surface area contributed by atoms with Crippen LogP contribution in [-0.4, -0.2) is 9.55 Å². The summed E-state index contributed by atoms with van der Waals surface area (Å²) in [7, 11) is 0. The van der Waals surface area contributed by atoms with Gasteiger partial charge in [0.25, 0.3) is 5.56 Å². The van der Waals surface area contributed by atoms with Crippen LogP contribution >= 0.6 is 11.3 Å². The van der Waals surface area contributed by atoms with E-state index in [0.717, 1.165) is 23.3 Å². The number of halogens is 1. The fraction of sp³-hybridized carbons (Fsp3) is 0.412. The molecule has 2 aliphatic rings. The maximum absolute atomic E-state index is 15.1. The molecule has 2 unspecified atom stereocenters. The summed E-state index contributed by atoms with van der Waals surface area (Å²) >= 11 is 1.47. The summed E-state index contributed by atoms with van der Waals surface area (Å²) in [6, 6.07) is 1.92. The molecule has 1 fully saturated rings. The van der Waals surface area contributed by atoms with Crippen LogP contribution in [0.15, 0.2) is 26.9 Å². The largest absolute Gasteiger partial charge is 0.396 e. The van der Waals surface area contributed by atoms with Gasteiger partial charge >= 0.3 is 5.69 Å². The van der Waals surface area contributed by atoms with Gasteiger partial charge in [-0.3, -0.25) is 14.3 Å². The van der Waals surface area contributed by atoms with Crippen LogP contribution in [0.5, 0.6) is 0 Å². The number of nitrogens with zero attached hydrogens (tertiary/aromatic N) is 1. The number of nitrogens with two attached hydrogens (primary N) is 2. The summed E-state index contributed by atoms with van der Waals surface area (Å²) < 4.78 is 16.7. The van der Waals surface area contributed by atoms with Crippen molar-refractivity contribution in [3.05, 3.63) is 59.8 Å². The first-order valence-corrected chi connectivity index (χ1v) is 9.13. The van der Waals surface area contributed by atoms with Crippen molar-refractivity contribution in [2.45, 2.75) is 44.2 Å². The van der Waals surface area contributed by atoms with Gasteiger partial charge in [0.05, 0.1) is 11.3 Å². The van der Waals surface area contributed by atoms with Crippen molar-refractivity contribution in [3.8, 4) is 0 Å². The zero-order valence-electron chi connectivity index (χ0n) is 13.7. The van der Waals surface area contributed by atoms with Crippen molar-refractivity contribution < 1.29 is 4.39 Å². The van der Waals surface area contributed by atoms with Gasteiger partial charge < -0.3 is 11.5 Å². The van der Waals surface area contributed by atoms with Gasteiger partial charge in [-0.05, 0) is 29.9 Å². The van der Waals surface area contributed by atoms with Crippen LogP contribution in [0.25, 0.3) is 5.70 Å². The Morgan fingerprint density at radius 2 is 2.12 bits per heavy atom. The van der Waals surface area contributed by atoms with E-state index in [0.29, 0.717) is 12.2 Å². The first-order valence-electron chi connectivity index (χ1n) is 8.25. The normalized spacial score (nSPS) is 23.0. The quantitative estimate of drug-likeness (QED) is 0.775. The second kappa shape index (κ2) is 5.67. The van der Waals surface area contributed by atoms with E-state index >= 15 is 4.39 Å². The third-order valence-electron chi connectivity index (χ3n) is 5.06. The molecule has 0 amide bonds. The van der Waals surface area contributed by atoms with Gasteiger partial charge in [-0.1, -0.05) is 6.92 Å². The number of H-pyrrole nitrogens is 1. The number of hydrogen-bond donors (Lipinski definition) is 3. The van der Waals surface area contributed by atoms with Crippen molar-refractivity contribution in [3.63, 3.8) is 0 Å². The Morgan fingerprint density at radius 3 is 2.72 bits per heavy atom. The minimum absolute atomic E-state index is 0.0530. The highest BCUT2D eigenvalue weighted by Crippen LogP contribution is 2.48. The van der Waals surface area contributed by atoms with Crippen molar-refractivity contribution in [1.29, 1.82) is 0 Å². The number of fused-ring (bicyclic) bond motifs is 1. The number of thiophene rings is 1. The first kappa shape index (κ1) is 16.3. The predicted molar refractivity (Wildman–Crippen MR) is 95.2 cm³/mol. The Bertz CT molecular complexity index is 999. The fourth-order valence-electron chi connectivity index (χ4n) is 3.74. The van der Waals surface area contributed by atoms with Crippen molar-refractivity contribution >= 4 is 17.0 Å². The fourth-order valence-corrected chi connectivity index (χ4v) is 4.54. The summed E-state index contributed by atoms with van der Waals surface area (Å²) in [5.41, 5.74) is 11.9. The average Bonchev–Trinajstić information content (AvgIpc) is 3.29. The minimum atomic E-state index is -0.622. The lowest BCUT2D eigenvalue weighted by Crippen LogP contribution is -2.39. The zero-order valence-corrected chi connectivity index (χ0v) is 14.5. The molecular formula is C17H19FN4O2S. The van der Waals surface area contributed by atoms with E-state index in [1.165, 1.54) is 11.3 Å². The second-order valence-corrected chi connectivity index (χ2v) is 7.69. The highest BCUT2D eigenvalue weighted by atomic mass is 32.1. The minimum Gasteiger partial charge on any atom is -0.396 e. The summed E-state index contributed by atoms with van der Waals surface area (Å²) in [5, 5.41) is 1.87. The van der Waals surface area contributed by atoms with Crippen LogP contribution in [-0.2, 0) is 6.54 Å². The average molecular weight is 362 g/mol. The Labute approximate surface area is 147 Å². The van der Waals surface area contributed by atoms with Crippen molar-refractivity contribution in [2.24, 2.45) is 11.5 Å². The lowest BCUT2D eigenvalue weighted by molar-refractivity contribution is 0.460. The van der Waals surface area contributed by atoms with E-state index in [9.17, 15) is 9.59 Å². The lowest BCUT2D eigenvalue weighted by Gasteiger charge is -2.32. The van der Waals surface area contributed by atoms with Gasteiger partial charge in [-0.2, -0.15) is 0 Å². The Hall–Kier alpha value is -2.19. The second-order valence-electron chi connectivity index (χ2n) is 6.70. The van der Waals surface area contributed by atoms with E-state index in [4.69, 9.17) is 11.5 Å². The number of rotatable bonds is 3. The third kappa shape index (κ3) is 2.39. The predicted octanol–water partition coefficient (Wildman–Crippen LogP) is 1.89. The molecule has 2 aliphatic carbocycles. The Balaban J connectivity index is 1.97. The molecule has 0 aliphatic heterocycles. The van der Waals surface area contributed by atoms with E-state index in [-0.39, 0.29) is 23.2 Å². The molecule has 8 heteroatoms. The molecule has 0 aromatic carbocycles. The molecule has 4 rings (SSSR count). The molecule has 5 N–H and O–H groups in total. The molecule has 0 radical (unpaired) electrons. The first-order chi connectivity index (χ1) is 11.9. The zero-order chi connectivity index (χ0) is 17.9. The molecule has 2 aromatic heterocycles. The lowest BCUT2D eigenvalue weighted by atomic mass is 9.78. The summed E-state index contributed by atoms with van der Waals surface area (Å²) in [4.78, 5) is 27.9. The van der Waals surface area contributed by atoms with Crippen LogP contribution < -0.4 is 22.7 Å². The van der Waals surface area contributed by atoms with Crippen molar-refractivity contribution in [2.75, 3.05) is 0 Å². The SMILES string of the molecule is CC1c2c(c(=O)[nH]c(=O)n2C2CC2)C(N)=C(F)C1c1csc(CN)c1. The van der Waals surface area contributed by atoms with Gasteiger partial charge in [0.1, 0.15) is 5.83 Å². The van der Waals surface area contributed by atoms with Crippen LogP contribution in [0.1, 0.15) is 59.3 Å². The maximum Gasteiger partial charge on any atom is 0.328 e. The molecule has 0 saturated heterocycles. The molecule has 1 saturated carbocycles. The molecular weight excluding hydrogens is 343 g/mol. The molecule has 132 valence electrons. The van der Waals surface area contributed by atoms with Gasteiger partial charge in [0.15, 0.2) is 0 Å². The van der Waals surface area contributed by atoms with Crippen LogP contribution in [0, 0.1) is 0 Å². The van der Waals surface area contributed by atoms with Crippen LogP contribution in [0.3, 0.4) is 0 Å². The van der Waals surface area contributed by atoms with Gasteiger partial charge in [-0.25, -0.2) is 9.18 Å². The van der Waals surface area contributed by atoms with Crippen molar-refractivity contribution in [1.82, 2.24) is 9.55 Å².